The van der Waals surface area contributed by atoms with Gasteiger partial charge in [-0.15, -0.1) is 0 Å². The van der Waals surface area contributed by atoms with Crippen LogP contribution in [0.1, 0.15) is 6.92 Å². The molecule has 0 aromatic heterocycles. The number of nitrogens with one attached hydrogen (secondary N) is 2. The average molecular weight is 347 g/mol. The third-order valence-electron chi connectivity index (χ3n) is 3.48. The van der Waals surface area contributed by atoms with E-state index >= 15 is 0 Å². The molecule has 1 aliphatic heterocycles. The molecular formula is C15H13N3O5S. The number of rotatable bonds is 3. The summed E-state index contributed by atoms with van der Waals surface area (Å²) in [5, 5.41) is 5.92. The van der Waals surface area contributed by atoms with Crippen LogP contribution in [0.5, 0.6) is 0 Å². The van der Waals surface area contributed by atoms with Crippen molar-refractivity contribution >= 4 is 44.3 Å². The number of fused-ring (bicyclic) bond motifs is 1. The van der Waals surface area contributed by atoms with Crippen LogP contribution in [0.4, 0.5) is 10.5 Å². The summed E-state index contributed by atoms with van der Waals surface area (Å²) in [6.07, 6.45) is 0. The number of benzene rings is 2. The fraction of sp³-hybridized carbons (Fsp3) is 0.133. The second-order valence-electron chi connectivity index (χ2n) is 5.27. The minimum Gasteiger partial charge on any atom is -0.326 e. The van der Waals surface area contributed by atoms with Crippen molar-refractivity contribution in [3.05, 3.63) is 36.4 Å². The lowest BCUT2D eigenvalue weighted by molar-refractivity contribution is -0.118. The molecule has 2 aromatic carbocycles. The molecule has 124 valence electrons. The molecular weight excluding hydrogens is 334 g/mol. The molecule has 1 saturated heterocycles. The van der Waals surface area contributed by atoms with Gasteiger partial charge in [0.25, 0.3) is 10.0 Å². The van der Waals surface area contributed by atoms with Crippen molar-refractivity contribution < 1.29 is 22.8 Å². The Morgan fingerprint density at radius 1 is 1.12 bits per heavy atom. The Labute approximate surface area is 137 Å². The van der Waals surface area contributed by atoms with Crippen molar-refractivity contribution in [2.75, 3.05) is 11.9 Å². The molecule has 1 heterocycles. The number of imide groups is 1. The van der Waals surface area contributed by atoms with Crippen molar-refractivity contribution in [1.29, 1.82) is 0 Å². The summed E-state index contributed by atoms with van der Waals surface area (Å²) in [4.78, 5) is 33.8. The highest BCUT2D eigenvalue weighted by Crippen LogP contribution is 2.25. The number of amides is 4. The summed E-state index contributed by atoms with van der Waals surface area (Å²) >= 11 is 0. The first-order valence-electron chi connectivity index (χ1n) is 6.95. The summed E-state index contributed by atoms with van der Waals surface area (Å²) in [5.74, 6) is -0.873. The number of hydrogen-bond acceptors (Lipinski definition) is 5. The summed E-state index contributed by atoms with van der Waals surface area (Å²) in [6, 6.07) is 8.40. The second-order valence-corrected chi connectivity index (χ2v) is 7.13. The van der Waals surface area contributed by atoms with Crippen LogP contribution in [-0.2, 0) is 19.6 Å². The van der Waals surface area contributed by atoms with Gasteiger partial charge in [0.2, 0.25) is 11.8 Å². The van der Waals surface area contributed by atoms with Gasteiger partial charge >= 0.3 is 6.03 Å². The Morgan fingerprint density at radius 3 is 2.42 bits per heavy atom. The number of carbonyl (C=O) groups excluding carboxylic acids is 3. The van der Waals surface area contributed by atoms with Crippen molar-refractivity contribution in [2.45, 2.75) is 11.8 Å². The molecule has 0 aliphatic carbocycles. The standard InChI is InChI=1S/C15H13N3O5S/c1-9(19)16-12-4-2-11-7-13(5-3-10(11)6-12)24(22,23)18-8-14(20)17-15(18)21/h2-7H,8H2,1H3,(H,16,19)(H,17,20,21). The lowest BCUT2D eigenvalue weighted by Gasteiger charge is -2.14. The van der Waals surface area contributed by atoms with Crippen LogP contribution < -0.4 is 10.6 Å². The van der Waals surface area contributed by atoms with Gasteiger partial charge in [0.05, 0.1) is 4.90 Å². The van der Waals surface area contributed by atoms with Crippen molar-refractivity contribution in [2.24, 2.45) is 0 Å². The molecule has 1 fully saturated rings. The number of anilines is 1. The third kappa shape index (κ3) is 2.81. The fourth-order valence-corrected chi connectivity index (χ4v) is 3.73. The zero-order chi connectivity index (χ0) is 17.5. The number of sulfonamides is 1. The van der Waals surface area contributed by atoms with Gasteiger partial charge in [-0.25, -0.2) is 17.5 Å². The van der Waals surface area contributed by atoms with E-state index in [1.54, 1.807) is 24.3 Å². The van der Waals surface area contributed by atoms with Crippen LogP contribution in [0.25, 0.3) is 10.8 Å². The van der Waals surface area contributed by atoms with Gasteiger partial charge < -0.3 is 5.32 Å². The predicted molar refractivity (Wildman–Crippen MR) is 85.7 cm³/mol. The SMILES string of the molecule is CC(=O)Nc1ccc2cc(S(=O)(=O)N3CC(=O)NC3=O)ccc2c1. The largest absolute Gasteiger partial charge is 0.338 e. The van der Waals surface area contributed by atoms with E-state index in [1.807, 2.05) is 5.32 Å². The van der Waals surface area contributed by atoms with Crippen LogP contribution in [0.15, 0.2) is 41.3 Å². The van der Waals surface area contributed by atoms with Crippen molar-refractivity contribution in [1.82, 2.24) is 9.62 Å². The molecule has 0 bridgehead atoms. The highest BCUT2D eigenvalue weighted by Gasteiger charge is 2.37. The topological polar surface area (TPSA) is 113 Å². The van der Waals surface area contributed by atoms with E-state index in [0.29, 0.717) is 15.4 Å². The maximum Gasteiger partial charge on any atom is 0.338 e. The number of nitrogens with zero attached hydrogens (tertiary/aromatic N) is 1. The smallest absolute Gasteiger partial charge is 0.326 e. The lowest BCUT2D eigenvalue weighted by Crippen LogP contribution is -2.34. The number of hydrogen-bond donors (Lipinski definition) is 2. The minimum atomic E-state index is -4.11. The van der Waals surface area contributed by atoms with Crippen LogP contribution in [0.2, 0.25) is 0 Å². The van der Waals surface area contributed by atoms with E-state index in [-0.39, 0.29) is 10.8 Å². The first-order valence-corrected chi connectivity index (χ1v) is 8.39. The monoisotopic (exact) mass is 347 g/mol. The second kappa shape index (κ2) is 5.60. The molecule has 1 aliphatic rings. The maximum atomic E-state index is 12.5. The molecule has 8 nitrogen and oxygen atoms in total. The van der Waals surface area contributed by atoms with Crippen LogP contribution in [0.3, 0.4) is 0 Å². The van der Waals surface area contributed by atoms with E-state index in [9.17, 15) is 22.8 Å². The Kier molecular flexibility index (Phi) is 3.72. The van der Waals surface area contributed by atoms with Crippen LogP contribution in [-0.4, -0.2) is 37.1 Å². The molecule has 2 N–H and O–H groups in total. The molecule has 0 radical (unpaired) electrons. The third-order valence-corrected chi connectivity index (χ3v) is 5.21. The van der Waals surface area contributed by atoms with E-state index in [1.165, 1.54) is 19.1 Å². The van der Waals surface area contributed by atoms with Gasteiger partial charge in [-0.2, -0.15) is 0 Å². The van der Waals surface area contributed by atoms with Gasteiger partial charge in [-0.05, 0) is 35.0 Å². The number of urea groups is 1. The maximum absolute atomic E-state index is 12.5. The summed E-state index contributed by atoms with van der Waals surface area (Å²) < 4.78 is 25.5. The molecule has 0 unspecified atom stereocenters. The number of carbonyl (C=O) groups is 3. The van der Waals surface area contributed by atoms with E-state index in [0.717, 1.165) is 5.39 Å². The Morgan fingerprint density at radius 2 is 1.79 bits per heavy atom. The zero-order valence-corrected chi connectivity index (χ0v) is 13.4. The normalized spacial score (nSPS) is 14.8. The van der Waals surface area contributed by atoms with Gasteiger partial charge in [0.1, 0.15) is 6.54 Å². The van der Waals surface area contributed by atoms with Crippen LogP contribution in [0, 0.1) is 0 Å². The molecule has 0 saturated carbocycles. The molecule has 9 heteroatoms. The average Bonchev–Trinajstić information content (AvgIpc) is 2.85. The summed E-state index contributed by atoms with van der Waals surface area (Å²) in [6.45, 7) is 0.864. The molecule has 3 rings (SSSR count). The van der Waals surface area contributed by atoms with Gasteiger partial charge in [-0.1, -0.05) is 12.1 Å². The first-order chi connectivity index (χ1) is 11.3. The van der Waals surface area contributed by atoms with Crippen molar-refractivity contribution in [3.63, 3.8) is 0 Å². The minimum absolute atomic E-state index is 0.0906. The first kappa shape index (κ1) is 15.9. The van der Waals surface area contributed by atoms with Crippen molar-refractivity contribution in [3.8, 4) is 0 Å². The highest BCUT2D eigenvalue weighted by atomic mass is 32.2. The molecule has 24 heavy (non-hydrogen) atoms. The Bertz CT molecular complexity index is 984. The molecule has 0 spiro atoms. The van der Waals surface area contributed by atoms with E-state index < -0.39 is 28.5 Å². The quantitative estimate of drug-likeness (QED) is 0.806. The summed E-state index contributed by atoms with van der Waals surface area (Å²) in [5.41, 5.74) is 0.593. The Hall–Kier alpha value is -2.94. The fourth-order valence-electron chi connectivity index (χ4n) is 2.41. The Balaban J connectivity index is 2.00. The molecule has 2 aromatic rings. The summed E-state index contributed by atoms with van der Waals surface area (Å²) in [7, 11) is -4.11. The van der Waals surface area contributed by atoms with E-state index in [2.05, 4.69) is 5.32 Å². The highest BCUT2D eigenvalue weighted by molar-refractivity contribution is 7.89. The van der Waals surface area contributed by atoms with Crippen LogP contribution >= 0.6 is 0 Å². The predicted octanol–water partition coefficient (Wildman–Crippen LogP) is 1.04. The zero-order valence-electron chi connectivity index (χ0n) is 12.6. The molecule has 0 atom stereocenters. The van der Waals surface area contributed by atoms with Gasteiger partial charge in [0, 0.05) is 12.6 Å². The van der Waals surface area contributed by atoms with E-state index in [4.69, 9.17) is 0 Å². The lowest BCUT2D eigenvalue weighted by atomic mass is 10.1. The van der Waals surface area contributed by atoms with Gasteiger partial charge in [-0.3, -0.25) is 14.9 Å². The molecule has 4 amide bonds. The van der Waals surface area contributed by atoms with Gasteiger partial charge in [0.15, 0.2) is 0 Å².